The first-order chi connectivity index (χ1) is 11.7. The van der Waals surface area contributed by atoms with E-state index in [0.29, 0.717) is 12.1 Å². The van der Waals surface area contributed by atoms with Gasteiger partial charge >= 0.3 is 6.03 Å². The van der Waals surface area contributed by atoms with Gasteiger partial charge in [0.25, 0.3) is 0 Å². The summed E-state index contributed by atoms with van der Waals surface area (Å²) in [5.41, 5.74) is 2.44. The number of urea groups is 1. The molecule has 3 rings (SSSR count). The summed E-state index contributed by atoms with van der Waals surface area (Å²) in [4.78, 5) is 16.6. The van der Waals surface area contributed by atoms with Crippen LogP contribution >= 0.6 is 0 Å². The molecule has 7 nitrogen and oxygen atoms in total. The number of nitrogens with one attached hydrogen (secondary N) is 1. The van der Waals surface area contributed by atoms with Gasteiger partial charge in [0.05, 0.1) is 0 Å². The Morgan fingerprint density at radius 1 is 1.42 bits per heavy atom. The van der Waals surface area contributed by atoms with E-state index in [1.54, 1.807) is 4.90 Å². The zero-order valence-electron chi connectivity index (χ0n) is 14.4. The Labute approximate surface area is 141 Å². The number of nitrogens with zero attached hydrogens (tertiary/aromatic N) is 4. The smallest absolute Gasteiger partial charge is 0.317 e. The number of aromatic nitrogens is 2. The summed E-state index contributed by atoms with van der Waals surface area (Å²) < 4.78 is 4.71. The predicted molar refractivity (Wildman–Crippen MR) is 91.6 cm³/mol. The first kappa shape index (κ1) is 16.7. The number of benzene rings is 1. The van der Waals surface area contributed by atoms with Crippen LogP contribution in [0.25, 0.3) is 11.0 Å². The number of hydrogen-bond donors (Lipinski definition) is 1. The third kappa shape index (κ3) is 4.03. The van der Waals surface area contributed by atoms with Gasteiger partial charge in [0, 0.05) is 26.2 Å². The summed E-state index contributed by atoms with van der Waals surface area (Å²) in [5.74, 6) is 0. The van der Waals surface area contributed by atoms with Gasteiger partial charge in [0.2, 0.25) is 0 Å². The van der Waals surface area contributed by atoms with Crippen LogP contribution in [0.15, 0.2) is 22.8 Å². The second kappa shape index (κ2) is 7.61. The lowest BCUT2D eigenvalue weighted by Crippen LogP contribution is -2.50. The molecule has 24 heavy (non-hydrogen) atoms. The van der Waals surface area contributed by atoms with Gasteiger partial charge < -0.3 is 15.1 Å². The average molecular weight is 331 g/mol. The Morgan fingerprint density at radius 3 is 3.08 bits per heavy atom. The molecule has 0 saturated carbocycles. The Kier molecular flexibility index (Phi) is 5.30. The fraction of sp³-hybridized carbons (Fsp3) is 0.588. The van der Waals surface area contributed by atoms with Crippen molar-refractivity contribution in [3.05, 3.63) is 23.8 Å². The highest BCUT2D eigenvalue weighted by molar-refractivity contribution is 5.75. The van der Waals surface area contributed by atoms with E-state index in [-0.39, 0.29) is 12.1 Å². The fourth-order valence-corrected chi connectivity index (χ4v) is 3.25. The molecule has 0 bridgehead atoms. The summed E-state index contributed by atoms with van der Waals surface area (Å²) in [6, 6.07) is 5.91. The quantitative estimate of drug-likeness (QED) is 0.909. The van der Waals surface area contributed by atoms with Crippen molar-refractivity contribution in [2.45, 2.75) is 38.8 Å². The maximum atomic E-state index is 12.4. The highest BCUT2D eigenvalue weighted by atomic mass is 16.6. The molecule has 1 saturated heterocycles. The van der Waals surface area contributed by atoms with Crippen molar-refractivity contribution < 1.29 is 9.42 Å². The average Bonchev–Trinajstić information content (AvgIpc) is 3.03. The molecule has 1 aliphatic rings. The highest BCUT2D eigenvalue weighted by Crippen LogP contribution is 2.14. The van der Waals surface area contributed by atoms with Crippen molar-refractivity contribution in [3.63, 3.8) is 0 Å². The Morgan fingerprint density at radius 2 is 2.25 bits per heavy atom. The van der Waals surface area contributed by atoms with E-state index >= 15 is 0 Å². The zero-order valence-corrected chi connectivity index (χ0v) is 14.4. The van der Waals surface area contributed by atoms with Gasteiger partial charge in [-0.15, -0.1) is 0 Å². The van der Waals surface area contributed by atoms with E-state index in [9.17, 15) is 4.79 Å². The fourth-order valence-electron chi connectivity index (χ4n) is 3.25. The molecule has 0 radical (unpaired) electrons. The molecule has 2 heterocycles. The predicted octanol–water partition coefficient (Wildman–Crippen LogP) is 2.24. The van der Waals surface area contributed by atoms with E-state index in [1.807, 2.05) is 25.2 Å². The second-order valence-electron chi connectivity index (χ2n) is 6.53. The molecule has 130 valence electrons. The minimum atomic E-state index is -0.0308. The molecule has 1 aliphatic heterocycles. The molecule has 0 spiro atoms. The lowest BCUT2D eigenvalue weighted by atomic mass is 10.1. The monoisotopic (exact) mass is 331 g/mol. The normalized spacial score (nSPS) is 18.7. The van der Waals surface area contributed by atoms with Crippen LogP contribution in [0.4, 0.5) is 4.79 Å². The van der Waals surface area contributed by atoms with Crippen LogP contribution in [-0.4, -0.2) is 58.9 Å². The van der Waals surface area contributed by atoms with E-state index < -0.39 is 0 Å². The summed E-state index contributed by atoms with van der Waals surface area (Å²) >= 11 is 0. The second-order valence-corrected chi connectivity index (χ2v) is 6.53. The van der Waals surface area contributed by atoms with E-state index in [4.69, 9.17) is 4.63 Å². The van der Waals surface area contributed by atoms with Crippen molar-refractivity contribution in [2.24, 2.45) is 0 Å². The van der Waals surface area contributed by atoms with Crippen LogP contribution in [0.2, 0.25) is 0 Å². The highest BCUT2D eigenvalue weighted by Gasteiger charge is 2.22. The van der Waals surface area contributed by atoms with Gasteiger partial charge in [-0.1, -0.05) is 13.0 Å². The van der Waals surface area contributed by atoms with Crippen LogP contribution in [0.1, 0.15) is 31.7 Å². The Bertz CT molecular complexity index is 684. The van der Waals surface area contributed by atoms with Gasteiger partial charge in [-0.25, -0.2) is 9.42 Å². The minimum Gasteiger partial charge on any atom is -0.334 e. The lowest BCUT2D eigenvalue weighted by Gasteiger charge is -2.33. The summed E-state index contributed by atoms with van der Waals surface area (Å²) in [6.45, 7) is 5.91. The largest absolute Gasteiger partial charge is 0.334 e. The SMILES string of the molecule is CCCN1CCC[C@H](NC(=O)N(C)Cc2ccc3nonc3c2)C1. The number of hydrogen-bond acceptors (Lipinski definition) is 5. The molecule has 2 aromatic rings. The minimum absolute atomic E-state index is 0.0308. The molecule has 1 fully saturated rings. The number of carbonyl (C=O) groups excluding carboxylic acids is 1. The first-order valence-electron chi connectivity index (χ1n) is 8.61. The Hall–Kier alpha value is -2.15. The molecule has 1 aromatic heterocycles. The number of amides is 2. The van der Waals surface area contributed by atoms with Crippen LogP contribution in [-0.2, 0) is 6.54 Å². The first-order valence-corrected chi connectivity index (χ1v) is 8.61. The Balaban J connectivity index is 1.54. The number of fused-ring (bicyclic) bond motifs is 1. The molecular formula is C17H25N5O2. The van der Waals surface area contributed by atoms with Gasteiger partial charge in [-0.2, -0.15) is 0 Å². The standard InChI is InChI=1S/C17H25N5O2/c1-3-8-22-9-4-5-14(12-22)18-17(23)21(2)11-13-6-7-15-16(10-13)20-24-19-15/h6-7,10,14H,3-5,8-9,11-12H2,1-2H3,(H,18,23)/t14-/m0/s1. The van der Waals surface area contributed by atoms with E-state index in [1.165, 1.54) is 0 Å². The van der Waals surface area contributed by atoms with Crippen molar-refractivity contribution >= 4 is 17.1 Å². The van der Waals surface area contributed by atoms with Crippen LogP contribution in [0.3, 0.4) is 0 Å². The molecule has 7 heteroatoms. The van der Waals surface area contributed by atoms with Crippen molar-refractivity contribution in [1.29, 1.82) is 0 Å². The summed E-state index contributed by atoms with van der Waals surface area (Å²) in [6.07, 6.45) is 3.35. The lowest BCUT2D eigenvalue weighted by molar-refractivity contribution is 0.171. The zero-order chi connectivity index (χ0) is 16.9. The molecule has 1 atom stereocenters. The number of carbonyl (C=O) groups is 1. The van der Waals surface area contributed by atoms with E-state index in [0.717, 1.165) is 50.0 Å². The van der Waals surface area contributed by atoms with E-state index in [2.05, 4.69) is 27.5 Å². The van der Waals surface area contributed by atoms with Gasteiger partial charge in [-0.05, 0) is 60.4 Å². The van der Waals surface area contributed by atoms with Crippen LogP contribution in [0.5, 0.6) is 0 Å². The number of piperidine rings is 1. The molecular weight excluding hydrogens is 306 g/mol. The molecule has 0 unspecified atom stereocenters. The summed E-state index contributed by atoms with van der Waals surface area (Å²) in [5, 5.41) is 10.8. The van der Waals surface area contributed by atoms with Gasteiger partial charge in [0.1, 0.15) is 11.0 Å². The third-order valence-corrected chi connectivity index (χ3v) is 4.46. The summed E-state index contributed by atoms with van der Waals surface area (Å²) in [7, 11) is 1.81. The van der Waals surface area contributed by atoms with Crippen molar-refractivity contribution in [2.75, 3.05) is 26.7 Å². The molecule has 1 N–H and O–H groups in total. The topological polar surface area (TPSA) is 74.5 Å². The molecule has 0 aliphatic carbocycles. The van der Waals surface area contributed by atoms with Gasteiger partial charge in [0.15, 0.2) is 0 Å². The maximum Gasteiger partial charge on any atom is 0.317 e. The molecule has 2 amide bonds. The van der Waals surface area contributed by atoms with Crippen LogP contribution < -0.4 is 5.32 Å². The van der Waals surface area contributed by atoms with Gasteiger partial charge in [-0.3, -0.25) is 0 Å². The number of likely N-dealkylation sites (tertiary alicyclic amines) is 1. The third-order valence-electron chi connectivity index (χ3n) is 4.46. The van der Waals surface area contributed by atoms with Crippen molar-refractivity contribution in [3.8, 4) is 0 Å². The van der Waals surface area contributed by atoms with Crippen LogP contribution in [0, 0.1) is 0 Å². The van der Waals surface area contributed by atoms with Crippen molar-refractivity contribution in [1.82, 2.24) is 25.4 Å². The molecule has 1 aromatic carbocycles. The number of rotatable bonds is 5. The maximum absolute atomic E-state index is 12.4.